The molecule has 0 aliphatic carbocycles. The molecule has 0 fully saturated rings. The van der Waals surface area contributed by atoms with E-state index in [1.54, 1.807) is 6.07 Å². The molecule has 0 amide bonds. The van der Waals surface area contributed by atoms with E-state index in [1.165, 1.54) is 16.7 Å². The molecule has 1 N–H and O–H groups in total. The summed E-state index contributed by atoms with van der Waals surface area (Å²) in [5.74, 6) is 1.14. The number of allylic oxidation sites excluding steroid dienone is 1. The Kier molecular flexibility index (Phi) is 9.17. The molecule has 0 bridgehead atoms. The van der Waals surface area contributed by atoms with Crippen LogP contribution >= 0.6 is 12.4 Å². The van der Waals surface area contributed by atoms with Gasteiger partial charge in [0.1, 0.15) is 18.1 Å². The lowest BCUT2D eigenvalue weighted by Crippen LogP contribution is -2.19. The molecule has 0 radical (unpaired) electrons. The average molecular weight is 438 g/mol. The topological polar surface area (TPSA) is 32.7 Å². The van der Waals surface area contributed by atoms with Crippen molar-refractivity contribution >= 4 is 23.6 Å². The van der Waals surface area contributed by atoms with Gasteiger partial charge in [0.05, 0.1) is 0 Å². The van der Waals surface area contributed by atoms with Crippen LogP contribution < -0.4 is 4.74 Å². The largest absolute Gasteiger partial charge is 0.508 e. The maximum Gasteiger partial charge on any atom is 0.119 e. The Hall–Kier alpha value is -2.75. The van der Waals surface area contributed by atoms with Crippen LogP contribution in [0.25, 0.3) is 11.1 Å². The van der Waals surface area contributed by atoms with Gasteiger partial charge in [-0.05, 0) is 79.5 Å². The molecular formula is C27H32ClNO2. The molecule has 0 heterocycles. The summed E-state index contributed by atoms with van der Waals surface area (Å²) in [6, 6.07) is 24.4. The van der Waals surface area contributed by atoms with E-state index in [1.807, 2.05) is 38.4 Å². The van der Waals surface area contributed by atoms with E-state index in [0.29, 0.717) is 6.61 Å². The van der Waals surface area contributed by atoms with E-state index in [9.17, 15) is 5.11 Å². The van der Waals surface area contributed by atoms with Gasteiger partial charge in [-0.1, -0.05) is 61.0 Å². The Morgan fingerprint density at radius 3 is 2.16 bits per heavy atom. The number of phenols is 1. The maximum absolute atomic E-state index is 10.1. The van der Waals surface area contributed by atoms with Crippen molar-refractivity contribution in [2.24, 2.45) is 0 Å². The molecule has 0 spiro atoms. The van der Waals surface area contributed by atoms with Crippen molar-refractivity contribution in [3.8, 4) is 11.5 Å². The highest BCUT2D eigenvalue weighted by molar-refractivity contribution is 5.98. The van der Waals surface area contributed by atoms with E-state index >= 15 is 0 Å². The number of aromatic hydroxyl groups is 1. The van der Waals surface area contributed by atoms with Gasteiger partial charge in [-0.25, -0.2) is 0 Å². The molecule has 3 aromatic rings. The lowest BCUT2D eigenvalue weighted by molar-refractivity contribution is 0.261. The van der Waals surface area contributed by atoms with E-state index in [0.717, 1.165) is 35.4 Å². The van der Waals surface area contributed by atoms with Gasteiger partial charge < -0.3 is 14.7 Å². The first-order chi connectivity index (χ1) is 14.5. The Labute approximate surface area is 192 Å². The van der Waals surface area contributed by atoms with Crippen LogP contribution in [0.5, 0.6) is 11.5 Å². The Morgan fingerprint density at radius 2 is 1.55 bits per heavy atom. The molecule has 0 aliphatic rings. The third-order valence-electron chi connectivity index (χ3n) is 5.11. The van der Waals surface area contributed by atoms with Crippen LogP contribution in [0, 0.1) is 6.92 Å². The number of phenolic OH excluding ortho intramolecular Hbond substituents is 1. The van der Waals surface area contributed by atoms with Crippen molar-refractivity contribution in [2.75, 3.05) is 27.2 Å². The zero-order valence-corrected chi connectivity index (χ0v) is 19.6. The summed E-state index contributed by atoms with van der Waals surface area (Å²) in [7, 11) is 4.08. The first kappa shape index (κ1) is 24.5. The quantitative estimate of drug-likeness (QED) is 0.412. The second kappa shape index (κ2) is 11.6. The number of rotatable bonds is 8. The molecular weight excluding hydrogens is 406 g/mol. The highest BCUT2D eigenvalue weighted by Gasteiger charge is 2.14. The average Bonchev–Trinajstić information content (AvgIpc) is 2.72. The molecule has 4 heteroatoms. The van der Waals surface area contributed by atoms with Crippen LogP contribution in [-0.4, -0.2) is 37.3 Å². The van der Waals surface area contributed by atoms with E-state index < -0.39 is 0 Å². The Morgan fingerprint density at radius 1 is 0.871 bits per heavy atom. The van der Waals surface area contributed by atoms with Crippen molar-refractivity contribution in [3.63, 3.8) is 0 Å². The van der Waals surface area contributed by atoms with Crippen LogP contribution in [0.2, 0.25) is 0 Å². The number of ether oxygens (including phenoxy) is 1. The first-order valence-corrected chi connectivity index (χ1v) is 10.5. The molecule has 0 saturated heterocycles. The second-order valence-corrected chi connectivity index (χ2v) is 7.80. The fourth-order valence-corrected chi connectivity index (χ4v) is 3.60. The van der Waals surface area contributed by atoms with Gasteiger partial charge in [-0.2, -0.15) is 0 Å². The Balaban J connectivity index is 0.00000341. The van der Waals surface area contributed by atoms with Crippen LogP contribution in [0.15, 0.2) is 72.8 Å². The first-order valence-electron chi connectivity index (χ1n) is 10.5. The molecule has 0 aliphatic heterocycles. The molecule has 3 aromatic carbocycles. The lowest BCUT2D eigenvalue weighted by Gasteiger charge is -2.17. The van der Waals surface area contributed by atoms with E-state index in [4.69, 9.17) is 4.74 Å². The van der Waals surface area contributed by atoms with Crippen molar-refractivity contribution in [3.05, 3.63) is 95.1 Å². The third kappa shape index (κ3) is 6.61. The molecule has 3 rings (SSSR count). The van der Waals surface area contributed by atoms with Crippen LogP contribution in [0.1, 0.15) is 35.6 Å². The number of aryl methyl sites for hydroxylation is 1. The molecule has 31 heavy (non-hydrogen) atoms. The van der Waals surface area contributed by atoms with Gasteiger partial charge in [-0.3, -0.25) is 0 Å². The fraction of sp³-hybridized carbons (Fsp3) is 0.259. The van der Waals surface area contributed by atoms with E-state index in [-0.39, 0.29) is 18.2 Å². The number of benzene rings is 3. The van der Waals surface area contributed by atoms with E-state index in [2.05, 4.69) is 61.2 Å². The van der Waals surface area contributed by atoms with Gasteiger partial charge in [-0.15, -0.1) is 12.4 Å². The number of nitrogens with zero attached hydrogens (tertiary/aromatic N) is 1. The summed E-state index contributed by atoms with van der Waals surface area (Å²) < 4.78 is 5.87. The third-order valence-corrected chi connectivity index (χ3v) is 5.11. The standard InChI is InChI=1S/C27H31NO2.ClH/c1-5-26(22-9-6-8-20(2)18-22)27(23-10-7-11-24(29)19-23)21-12-14-25(15-13-21)30-17-16-28(3)4;/h6-15,18-19,29H,5,16-17H2,1-4H3;1H/b27-26+;. The van der Waals surface area contributed by atoms with Gasteiger partial charge in [0.15, 0.2) is 0 Å². The smallest absolute Gasteiger partial charge is 0.119 e. The lowest BCUT2D eigenvalue weighted by atomic mass is 9.87. The molecule has 0 saturated carbocycles. The van der Waals surface area contributed by atoms with Crippen molar-refractivity contribution in [2.45, 2.75) is 20.3 Å². The highest BCUT2D eigenvalue weighted by Crippen LogP contribution is 2.36. The summed E-state index contributed by atoms with van der Waals surface area (Å²) in [6.07, 6.45) is 0.884. The van der Waals surface area contributed by atoms with Gasteiger partial charge in [0.2, 0.25) is 0 Å². The number of hydrogen-bond donors (Lipinski definition) is 1. The second-order valence-electron chi connectivity index (χ2n) is 7.80. The maximum atomic E-state index is 10.1. The zero-order valence-electron chi connectivity index (χ0n) is 18.8. The predicted molar refractivity (Wildman–Crippen MR) is 133 cm³/mol. The van der Waals surface area contributed by atoms with Crippen molar-refractivity contribution in [1.29, 1.82) is 0 Å². The van der Waals surface area contributed by atoms with Crippen LogP contribution in [0.4, 0.5) is 0 Å². The molecule has 0 aromatic heterocycles. The summed E-state index contributed by atoms with van der Waals surface area (Å²) in [5.41, 5.74) is 6.96. The number of hydrogen-bond acceptors (Lipinski definition) is 3. The highest BCUT2D eigenvalue weighted by atomic mass is 35.5. The summed E-state index contributed by atoms with van der Waals surface area (Å²) >= 11 is 0. The minimum Gasteiger partial charge on any atom is -0.508 e. The SMILES string of the molecule is CC/C(=C(/c1ccc(OCCN(C)C)cc1)c1cccc(O)c1)c1cccc(C)c1.Cl. The fourth-order valence-electron chi connectivity index (χ4n) is 3.60. The van der Waals surface area contributed by atoms with Gasteiger partial charge in [0, 0.05) is 6.54 Å². The molecule has 0 unspecified atom stereocenters. The molecule has 164 valence electrons. The van der Waals surface area contributed by atoms with Crippen LogP contribution in [-0.2, 0) is 0 Å². The molecule has 3 nitrogen and oxygen atoms in total. The van der Waals surface area contributed by atoms with Crippen LogP contribution in [0.3, 0.4) is 0 Å². The number of halogens is 1. The zero-order chi connectivity index (χ0) is 21.5. The summed E-state index contributed by atoms with van der Waals surface area (Å²) in [5, 5.41) is 10.1. The summed E-state index contributed by atoms with van der Waals surface area (Å²) in [6.45, 7) is 5.83. The monoisotopic (exact) mass is 437 g/mol. The minimum atomic E-state index is 0. The van der Waals surface area contributed by atoms with Crippen molar-refractivity contribution in [1.82, 2.24) is 4.90 Å². The van der Waals surface area contributed by atoms with Crippen molar-refractivity contribution < 1.29 is 9.84 Å². The molecule has 0 atom stereocenters. The normalized spacial score (nSPS) is 11.6. The minimum absolute atomic E-state index is 0. The van der Waals surface area contributed by atoms with Gasteiger partial charge >= 0.3 is 0 Å². The predicted octanol–water partition coefficient (Wildman–Crippen LogP) is 6.43. The van der Waals surface area contributed by atoms with Gasteiger partial charge in [0.25, 0.3) is 0 Å². The Bertz CT molecular complexity index is 1010. The summed E-state index contributed by atoms with van der Waals surface area (Å²) in [4.78, 5) is 2.10. The number of likely N-dealkylation sites (N-methyl/N-ethyl adjacent to an activating group) is 1.